The van der Waals surface area contributed by atoms with E-state index in [1.54, 1.807) is 6.07 Å². The number of piperidine rings is 1. The minimum atomic E-state index is -0.537. The topological polar surface area (TPSA) is 95.7 Å². The molecule has 0 aliphatic carbocycles. The predicted molar refractivity (Wildman–Crippen MR) is 105 cm³/mol. The number of nitrogens with one attached hydrogen (secondary N) is 1. The van der Waals surface area contributed by atoms with Crippen molar-refractivity contribution in [1.29, 1.82) is 0 Å². The molecule has 2 aromatic rings. The zero-order chi connectivity index (χ0) is 19.6. The third-order valence-corrected chi connectivity index (χ3v) is 5.00. The van der Waals surface area contributed by atoms with Crippen LogP contribution in [0.25, 0.3) is 0 Å². The molecule has 0 aromatic heterocycles. The molecule has 2 aromatic carbocycles. The molecule has 0 radical (unpaired) electrons. The molecule has 142 valence electrons. The predicted octanol–water partition coefficient (Wildman–Crippen LogP) is 4.44. The Morgan fingerprint density at radius 3 is 2.63 bits per heavy atom. The van der Waals surface area contributed by atoms with Gasteiger partial charge < -0.3 is 15.3 Å². The number of aromatic hydroxyl groups is 1. The molecular formula is C19H20ClN3O4. The van der Waals surface area contributed by atoms with Crippen LogP contribution in [0.2, 0.25) is 5.02 Å². The molecule has 1 heterocycles. The second kappa shape index (κ2) is 7.84. The number of benzene rings is 2. The van der Waals surface area contributed by atoms with Gasteiger partial charge in [-0.1, -0.05) is 18.5 Å². The molecule has 0 unspecified atom stereocenters. The lowest BCUT2D eigenvalue weighted by Crippen LogP contribution is -2.34. The molecule has 0 atom stereocenters. The van der Waals surface area contributed by atoms with Gasteiger partial charge in [-0.2, -0.15) is 0 Å². The normalized spacial score (nSPS) is 14.8. The van der Waals surface area contributed by atoms with Crippen LogP contribution in [-0.4, -0.2) is 29.0 Å². The summed E-state index contributed by atoms with van der Waals surface area (Å²) in [6.07, 6.45) is 1.99. The van der Waals surface area contributed by atoms with Crippen LogP contribution in [-0.2, 0) is 0 Å². The number of hydrogen-bond acceptors (Lipinski definition) is 5. The van der Waals surface area contributed by atoms with Gasteiger partial charge in [-0.15, -0.1) is 0 Å². The van der Waals surface area contributed by atoms with Gasteiger partial charge in [0, 0.05) is 30.2 Å². The standard InChI is InChI=1S/C19H20ClN3O4/c1-12-6-8-22(9-7-12)17-4-3-14(23(26)27)11-15(17)19(25)21-16-10-13(20)2-5-18(16)24/h2-5,10-12,24H,6-9H2,1H3,(H,21,25). The van der Waals surface area contributed by atoms with E-state index >= 15 is 0 Å². The van der Waals surface area contributed by atoms with Crippen molar-refractivity contribution in [2.45, 2.75) is 19.8 Å². The van der Waals surface area contributed by atoms with Crippen LogP contribution < -0.4 is 10.2 Å². The van der Waals surface area contributed by atoms with Gasteiger partial charge in [0.25, 0.3) is 11.6 Å². The van der Waals surface area contributed by atoms with E-state index in [1.807, 2.05) is 0 Å². The molecule has 0 spiro atoms. The Kier molecular flexibility index (Phi) is 5.51. The van der Waals surface area contributed by atoms with E-state index in [4.69, 9.17) is 11.6 Å². The highest BCUT2D eigenvalue weighted by Crippen LogP contribution is 2.32. The number of nitro benzene ring substituents is 1. The molecule has 1 amide bonds. The summed E-state index contributed by atoms with van der Waals surface area (Å²) in [6, 6.07) is 8.58. The van der Waals surface area contributed by atoms with Crippen LogP contribution >= 0.6 is 11.6 Å². The van der Waals surface area contributed by atoms with Crippen molar-refractivity contribution in [2.75, 3.05) is 23.3 Å². The summed E-state index contributed by atoms with van der Waals surface area (Å²) in [5.41, 5.74) is 0.825. The number of hydrogen-bond donors (Lipinski definition) is 2. The molecule has 8 heteroatoms. The first-order valence-corrected chi connectivity index (χ1v) is 9.06. The van der Waals surface area contributed by atoms with Crippen LogP contribution in [0.4, 0.5) is 17.1 Å². The average molecular weight is 390 g/mol. The molecule has 1 fully saturated rings. The lowest BCUT2D eigenvalue weighted by molar-refractivity contribution is -0.384. The maximum absolute atomic E-state index is 12.9. The van der Waals surface area contributed by atoms with Gasteiger partial charge in [-0.25, -0.2) is 0 Å². The monoisotopic (exact) mass is 389 g/mol. The molecular weight excluding hydrogens is 370 g/mol. The second-order valence-corrected chi connectivity index (χ2v) is 7.18. The number of anilines is 2. The fourth-order valence-corrected chi connectivity index (χ4v) is 3.31. The lowest BCUT2D eigenvalue weighted by Gasteiger charge is -2.33. The van der Waals surface area contributed by atoms with Crippen molar-refractivity contribution in [3.63, 3.8) is 0 Å². The Morgan fingerprint density at radius 1 is 1.26 bits per heavy atom. The van der Waals surface area contributed by atoms with Crippen molar-refractivity contribution in [2.24, 2.45) is 5.92 Å². The summed E-state index contributed by atoms with van der Waals surface area (Å²) in [6.45, 7) is 3.74. The van der Waals surface area contributed by atoms with Crippen molar-refractivity contribution in [1.82, 2.24) is 0 Å². The summed E-state index contributed by atoms with van der Waals surface area (Å²) >= 11 is 5.92. The van der Waals surface area contributed by atoms with Gasteiger partial charge in [-0.3, -0.25) is 14.9 Å². The Bertz CT molecular complexity index is 879. The Labute approximate surface area is 161 Å². The number of phenolic OH excluding ortho intramolecular Hbond substituents is 1. The third kappa shape index (κ3) is 4.31. The molecule has 1 aliphatic rings. The van der Waals surface area contributed by atoms with Crippen molar-refractivity contribution < 1.29 is 14.8 Å². The van der Waals surface area contributed by atoms with E-state index in [-0.39, 0.29) is 22.7 Å². The molecule has 1 aliphatic heterocycles. The van der Waals surface area contributed by atoms with Crippen molar-refractivity contribution in [3.05, 3.63) is 57.1 Å². The zero-order valence-corrected chi connectivity index (χ0v) is 15.6. The van der Waals surface area contributed by atoms with Crippen LogP contribution in [0.3, 0.4) is 0 Å². The molecule has 3 rings (SSSR count). The quantitative estimate of drug-likeness (QED) is 0.457. The van der Waals surface area contributed by atoms with Crippen LogP contribution in [0, 0.1) is 16.0 Å². The lowest BCUT2D eigenvalue weighted by atomic mass is 9.98. The Morgan fingerprint density at radius 2 is 1.96 bits per heavy atom. The Hall–Kier alpha value is -2.80. The van der Waals surface area contributed by atoms with E-state index in [0.29, 0.717) is 16.6 Å². The number of amides is 1. The highest BCUT2D eigenvalue weighted by molar-refractivity contribution is 6.31. The summed E-state index contributed by atoms with van der Waals surface area (Å²) in [7, 11) is 0. The van der Waals surface area contributed by atoms with Crippen molar-refractivity contribution in [3.8, 4) is 5.75 Å². The number of nitro groups is 1. The van der Waals surface area contributed by atoms with E-state index < -0.39 is 10.8 Å². The maximum Gasteiger partial charge on any atom is 0.270 e. The Balaban J connectivity index is 1.95. The van der Waals surface area contributed by atoms with E-state index in [1.165, 1.54) is 30.3 Å². The van der Waals surface area contributed by atoms with Gasteiger partial charge in [0.1, 0.15) is 5.75 Å². The number of nitrogens with zero attached hydrogens (tertiary/aromatic N) is 2. The first-order chi connectivity index (χ1) is 12.8. The van der Waals surface area contributed by atoms with Crippen LogP contribution in [0.1, 0.15) is 30.1 Å². The number of rotatable bonds is 4. The van der Waals surface area contributed by atoms with E-state index in [9.17, 15) is 20.0 Å². The summed E-state index contributed by atoms with van der Waals surface area (Å²) < 4.78 is 0. The number of carbonyl (C=O) groups excluding carboxylic acids is 1. The van der Waals surface area contributed by atoms with Gasteiger partial charge in [-0.05, 0) is 43.0 Å². The smallest absolute Gasteiger partial charge is 0.270 e. The maximum atomic E-state index is 12.9. The fourth-order valence-electron chi connectivity index (χ4n) is 3.14. The molecule has 27 heavy (non-hydrogen) atoms. The highest BCUT2D eigenvalue weighted by atomic mass is 35.5. The van der Waals surface area contributed by atoms with E-state index in [0.717, 1.165) is 25.9 Å². The summed E-state index contributed by atoms with van der Waals surface area (Å²) in [5, 5.41) is 24.0. The first-order valence-electron chi connectivity index (χ1n) is 8.68. The SMILES string of the molecule is CC1CCN(c2ccc([N+](=O)[O-])cc2C(=O)Nc2cc(Cl)ccc2O)CC1. The third-order valence-electron chi connectivity index (χ3n) is 4.77. The van der Waals surface area contributed by atoms with Crippen molar-refractivity contribution >= 4 is 34.6 Å². The van der Waals surface area contributed by atoms with Crippen LogP contribution in [0.5, 0.6) is 5.75 Å². The number of phenols is 1. The zero-order valence-electron chi connectivity index (χ0n) is 14.8. The minimum Gasteiger partial charge on any atom is -0.506 e. The number of carbonyl (C=O) groups is 1. The molecule has 7 nitrogen and oxygen atoms in total. The van der Waals surface area contributed by atoms with E-state index in [2.05, 4.69) is 17.1 Å². The van der Waals surface area contributed by atoms with Gasteiger partial charge >= 0.3 is 0 Å². The summed E-state index contributed by atoms with van der Waals surface area (Å²) in [4.78, 5) is 25.6. The molecule has 1 saturated heterocycles. The number of non-ortho nitro benzene ring substituents is 1. The molecule has 0 saturated carbocycles. The average Bonchev–Trinajstić information content (AvgIpc) is 2.65. The fraction of sp³-hybridized carbons (Fsp3) is 0.316. The van der Waals surface area contributed by atoms with Crippen LogP contribution in [0.15, 0.2) is 36.4 Å². The highest BCUT2D eigenvalue weighted by Gasteiger charge is 2.24. The summed E-state index contributed by atoms with van der Waals surface area (Å²) in [5.74, 6) is -0.0589. The molecule has 2 N–H and O–H groups in total. The van der Waals surface area contributed by atoms with Gasteiger partial charge in [0.05, 0.1) is 21.9 Å². The van der Waals surface area contributed by atoms with Gasteiger partial charge in [0.15, 0.2) is 0 Å². The minimum absolute atomic E-state index is 0.133. The molecule has 0 bridgehead atoms. The largest absolute Gasteiger partial charge is 0.506 e. The first kappa shape index (κ1) is 19.0. The number of halogens is 1. The second-order valence-electron chi connectivity index (χ2n) is 6.74. The van der Waals surface area contributed by atoms with Gasteiger partial charge in [0.2, 0.25) is 0 Å².